The number of benzene rings is 1. The van der Waals surface area contributed by atoms with Crippen LogP contribution in [0.25, 0.3) is 0 Å². The molecule has 0 N–H and O–H groups in total. The third-order valence-electron chi connectivity index (χ3n) is 3.65. The molecule has 0 saturated carbocycles. The lowest BCUT2D eigenvalue weighted by Crippen LogP contribution is -2.50. The van der Waals surface area contributed by atoms with Crippen molar-refractivity contribution >= 4 is 25.6 Å². The molecule has 3 nitrogen and oxygen atoms in total. The molecular formula is C17H30BO3S. The highest BCUT2D eigenvalue weighted by molar-refractivity contribution is 7.80. The van der Waals surface area contributed by atoms with Gasteiger partial charge in [-0.05, 0) is 39.8 Å². The van der Waals surface area contributed by atoms with Crippen molar-refractivity contribution in [2.24, 2.45) is 0 Å². The maximum absolute atomic E-state index is 5.87. The summed E-state index contributed by atoms with van der Waals surface area (Å²) in [6.45, 7) is 12.2. The lowest BCUT2D eigenvalue weighted by molar-refractivity contribution is -0.114. The smallest absolute Gasteiger partial charge is 0.330 e. The average Bonchev–Trinajstić information content (AvgIpc) is 2.46. The molecule has 0 bridgehead atoms. The molecule has 0 heterocycles. The van der Waals surface area contributed by atoms with Crippen molar-refractivity contribution in [3.63, 3.8) is 0 Å². The van der Waals surface area contributed by atoms with Gasteiger partial charge in [-0.15, -0.1) is 12.6 Å². The lowest BCUT2D eigenvalue weighted by atomic mass is 9.82. The van der Waals surface area contributed by atoms with Crippen LogP contribution in [0.2, 0.25) is 0 Å². The van der Waals surface area contributed by atoms with Gasteiger partial charge in [0.1, 0.15) is 5.75 Å². The molecule has 0 amide bonds. The van der Waals surface area contributed by atoms with E-state index in [0.29, 0.717) is 0 Å². The van der Waals surface area contributed by atoms with Gasteiger partial charge in [-0.3, -0.25) is 0 Å². The molecule has 0 aliphatic rings. The Morgan fingerprint density at radius 1 is 1.05 bits per heavy atom. The van der Waals surface area contributed by atoms with Crippen molar-refractivity contribution in [3.05, 3.63) is 18.2 Å². The third-order valence-corrected chi connectivity index (χ3v) is 4.00. The molecule has 1 radical (unpaired) electrons. The normalized spacial score (nSPS) is 11.5. The van der Waals surface area contributed by atoms with Crippen LogP contribution in [-0.2, 0) is 9.39 Å². The van der Waals surface area contributed by atoms with Gasteiger partial charge in [0, 0.05) is 12.0 Å². The number of thiol groups is 1. The number of ether oxygens (including phenoxy) is 2. The van der Waals surface area contributed by atoms with E-state index >= 15 is 0 Å². The highest BCUT2D eigenvalue weighted by Crippen LogP contribution is 2.28. The zero-order valence-electron chi connectivity index (χ0n) is 15.2. The minimum atomic E-state index is -0.446. The summed E-state index contributed by atoms with van der Waals surface area (Å²) in [5, 5.41) is 0. The topological polar surface area (TPSA) is 27.7 Å². The molecule has 0 unspecified atom stereocenters. The first-order chi connectivity index (χ1) is 10.1. The summed E-state index contributed by atoms with van der Waals surface area (Å²) in [5.41, 5.74) is 0.101. The summed E-state index contributed by atoms with van der Waals surface area (Å²) >= 11 is 4.36. The summed E-state index contributed by atoms with van der Waals surface area (Å²) < 4.78 is 16.5. The second-order valence-electron chi connectivity index (χ2n) is 6.10. The number of hydrogen-bond donors (Lipinski definition) is 1. The van der Waals surface area contributed by atoms with E-state index in [4.69, 9.17) is 14.1 Å². The molecule has 22 heavy (non-hydrogen) atoms. The Morgan fingerprint density at radius 2 is 1.59 bits per heavy atom. The van der Waals surface area contributed by atoms with Crippen molar-refractivity contribution in [2.75, 3.05) is 14.2 Å². The highest BCUT2D eigenvalue weighted by atomic mass is 32.1. The number of rotatable bonds is 6. The van der Waals surface area contributed by atoms with E-state index in [1.165, 1.54) is 6.42 Å². The number of methoxy groups -OCH3 is 2. The maximum atomic E-state index is 5.87. The van der Waals surface area contributed by atoms with E-state index < -0.39 is 5.60 Å². The van der Waals surface area contributed by atoms with E-state index in [0.717, 1.165) is 16.1 Å². The van der Waals surface area contributed by atoms with Crippen LogP contribution >= 0.6 is 12.6 Å². The van der Waals surface area contributed by atoms with Gasteiger partial charge in [-0.25, -0.2) is 0 Å². The Bertz CT molecular complexity index is 448. The summed E-state index contributed by atoms with van der Waals surface area (Å²) in [7, 11) is 5.03. The van der Waals surface area contributed by atoms with Crippen molar-refractivity contribution in [2.45, 2.75) is 64.1 Å². The monoisotopic (exact) mass is 325 g/mol. The molecule has 0 atom stereocenters. The molecule has 125 valence electrons. The summed E-state index contributed by atoms with van der Waals surface area (Å²) in [5.74, 6) is 0.747. The highest BCUT2D eigenvalue weighted by Gasteiger charge is 2.37. The van der Waals surface area contributed by atoms with E-state index in [1.807, 2.05) is 45.9 Å². The fourth-order valence-corrected chi connectivity index (χ4v) is 1.70. The fraction of sp³-hybridized carbons (Fsp3) is 0.647. The zero-order valence-corrected chi connectivity index (χ0v) is 16.1. The molecule has 0 saturated heterocycles. The third kappa shape index (κ3) is 6.23. The molecule has 1 aromatic rings. The van der Waals surface area contributed by atoms with Gasteiger partial charge in [-0.1, -0.05) is 31.8 Å². The molecular weight excluding hydrogens is 295 g/mol. The van der Waals surface area contributed by atoms with E-state index in [2.05, 4.69) is 26.5 Å². The molecule has 0 aromatic heterocycles. The first-order valence-corrected chi connectivity index (χ1v) is 8.03. The molecule has 1 rings (SSSR count). The van der Waals surface area contributed by atoms with Gasteiger partial charge in [0.25, 0.3) is 0 Å². The largest absolute Gasteiger partial charge is 0.496 e. The molecule has 0 fully saturated rings. The Morgan fingerprint density at radius 3 is 2.00 bits per heavy atom. The van der Waals surface area contributed by atoms with Crippen LogP contribution in [0.5, 0.6) is 5.75 Å². The Kier molecular flexibility index (Phi) is 9.21. The standard InChI is InChI=1S/C14H22BO3S.C3H8/c1-13(2,17-6)14(3,4)18-15-10-7-8-11(16-5)12(19)9-10;1-3-2/h7-9,19H,1-6H3;3H2,1-2H3. The quantitative estimate of drug-likeness (QED) is 0.636. The van der Waals surface area contributed by atoms with Gasteiger partial charge in [0.05, 0.1) is 18.3 Å². The van der Waals surface area contributed by atoms with Gasteiger partial charge in [0.2, 0.25) is 0 Å². The minimum Gasteiger partial charge on any atom is -0.496 e. The second kappa shape index (κ2) is 9.48. The molecule has 5 heteroatoms. The summed E-state index contributed by atoms with van der Waals surface area (Å²) in [4.78, 5) is 0.781. The SMILES string of the molecule is CCC.COc1ccc([B]OC(C)(C)C(C)(C)OC)cc1S. The predicted molar refractivity (Wildman–Crippen MR) is 97.9 cm³/mol. The van der Waals surface area contributed by atoms with Gasteiger partial charge < -0.3 is 14.1 Å². The van der Waals surface area contributed by atoms with Crippen molar-refractivity contribution in [1.82, 2.24) is 0 Å². The van der Waals surface area contributed by atoms with E-state index in [-0.39, 0.29) is 5.60 Å². The van der Waals surface area contributed by atoms with Crippen LogP contribution in [0.4, 0.5) is 0 Å². The first kappa shape index (κ1) is 21.4. The second-order valence-corrected chi connectivity index (χ2v) is 6.58. The van der Waals surface area contributed by atoms with Crippen LogP contribution < -0.4 is 10.2 Å². The van der Waals surface area contributed by atoms with Crippen LogP contribution in [0.15, 0.2) is 23.1 Å². The van der Waals surface area contributed by atoms with Crippen molar-refractivity contribution in [3.8, 4) is 5.75 Å². The van der Waals surface area contributed by atoms with Gasteiger partial charge in [-0.2, -0.15) is 0 Å². The Labute approximate surface area is 142 Å². The number of hydrogen-bond acceptors (Lipinski definition) is 4. The van der Waals surface area contributed by atoms with E-state index in [1.54, 1.807) is 21.7 Å². The summed E-state index contributed by atoms with van der Waals surface area (Å²) in [6, 6.07) is 5.69. The fourth-order valence-electron chi connectivity index (χ4n) is 1.38. The van der Waals surface area contributed by atoms with Crippen LogP contribution in [-0.4, -0.2) is 32.9 Å². The summed E-state index contributed by atoms with van der Waals surface area (Å²) in [6.07, 6.45) is 1.25. The van der Waals surface area contributed by atoms with Crippen LogP contribution in [0.3, 0.4) is 0 Å². The predicted octanol–water partition coefficient (Wildman–Crippen LogP) is 3.86. The maximum Gasteiger partial charge on any atom is 0.330 e. The van der Waals surface area contributed by atoms with Crippen molar-refractivity contribution in [1.29, 1.82) is 0 Å². The first-order valence-electron chi connectivity index (χ1n) is 7.58. The Hall–Kier alpha value is -0.645. The average molecular weight is 325 g/mol. The lowest BCUT2D eigenvalue weighted by Gasteiger charge is -2.40. The Balaban J connectivity index is 0.00000135. The van der Waals surface area contributed by atoms with Gasteiger partial charge in [0.15, 0.2) is 0 Å². The minimum absolute atomic E-state index is 0.389. The van der Waals surface area contributed by atoms with E-state index in [9.17, 15) is 0 Å². The molecule has 0 aliphatic carbocycles. The van der Waals surface area contributed by atoms with Crippen LogP contribution in [0.1, 0.15) is 48.0 Å². The van der Waals surface area contributed by atoms with Crippen LogP contribution in [0, 0.1) is 0 Å². The van der Waals surface area contributed by atoms with Gasteiger partial charge >= 0.3 is 7.48 Å². The van der Waals surface area contributed by atoms with Crippen molar-refractivity contribution < 1.29 is 14.1 Å². The molecule has 1 aromatic carbocycles. The molecule has 0 spiro atoms. The molecule has 0 aliphatic heterocycles. The zero-order chi connectivity index (χ0) is 17.4.